The lowest BCUT2D eigenvalue weighted by Crippen LogP contribution is -2.49. The standard InChI is InChI=1S/C35H27FN2O4/c1-2-42-28-14-8-5-11-25(28)32(40)29-30(31(39)22-15-17-23(36)18-16-22)38-20-19-21-9-3-4-10-24(21)33(38)35(29)26-12-6-7-13-27(26)37-34(35)41/h3-20,29-30,33H,2H2,1H3,(H,37,41)/t29-,30-,33-,35-/m1/s1. The van der Waals surface area contributed by atoms with E-state index in [1.807, 2.05) is 72.6 Å². The maximum Gasteiger partial charge on any atom is 0.238 e. The zero-order valence-corrected chi connectivity index (χ0v) is 22.8. The number of carbonyl (C=O) groups excluding carboxylic acids is 3. The number of ketones is 2. The van der Waals surface area contributed by atoms with Crippen molar-refractivity contribution >= 4 is 29.2 Å². The zero-order valence-electron chi connectivity index (χ0n) is 22.8. The molecule has 4 atom stereocenters. The molecule has 7 rings (SSSR count). The van der Waals surface area contributed by atoms with Crippen molar-refractivity contribution in [3.05, 3.63) is 137 Å². The number of hydrogen-bond donors (Lipinski definition) is 1. The monoisotopic (exact) mass is 558 g/mol. The molecule has 42 heavy (non-hydrogen) atoms. The van der Waals surface area contributed by atoms with Gasteiger partial charge in [0, 0.05) is 17.5 Å². The van der Waals surface area contributed by atoms with Crippen molar-refractivity contribution in [2.45, 2.75) is 24.4 Å². The van der Waals surface area contributed by atoms with Gasteiger partial charge in [-0.05, 0) is 72.2 Å². The first-order valence-electron chi connectivity index (χ1n) is 14.0. The molecule has 7 heteroatoms. The third-order valence-electron chi connectivity index (χ3n) is 8.70. The van der Waals surface area contributed by atoms with E-state index < -0.39 is 29.2 Å². The van der Waals surface area contributed by atoms with Gasteiger partial charge in [0.1, 0.15) is 23.0 Å². The van der Waals surface area contributed by atoms with Gasteiger partial charge in [0.05, 0.1) is 24.1 Å². The van der Waals surface area contributed by atoms with Gasteiger partial charge in [-0.25, -0.2) is 4.39 Å². The number of ether oxygens (including phenoxy) is 1. The number of benzene rings is 4. The van der Waals surface area contributed by atoms with Crippen molar-refractivity contribution in [2.75, 3.05) is 11.9 Å². The van der Waals surface area contributed by atoms with Crippen LogP contribution >= 0.6 is 0 Å². The third kappa shape index (κ3) is 3.59. The zero-order chi connectivity index (χ0) is 29.0. The fraction of sp³-hybridized carbons (Fsp3) is 0.171. The lowest BCUT2D eigenvalue weighted by molar-refractivity contribution is -0.122. The van der Waals surface area contributed by atoms with Gasteiger partial charge in [0.25, 0.3) is 0 Å². The quantitative estimate of drug-likeness (QED) is 0.285. The molecule has 4 aromatic rings. The summed E-state index contributed by atoms with van der Waals surface area (Å²) in [7, 11) is 0. The molecule has 6 nitrogen and oxygen atoms in total. The first-order valence-corrected chi connectivity index (χ1v) is 14.0. The Morgan fingerprint density at radius 3 is 2.43 bits per heavy atom. The highest BCUT2D eigenvalue weighted by atomic mass is 19.1. The number of carbonyl (C=O) groups is 3. The normalized spacial score (nSPS) is 23.2. The second-order valence-electron chi connectivity index (χ2n) is 10.8. The minimum Gasteiger partial charge on any atom is -0.493 e. The highest BCUT2D eigenvalue weighted by Crippen LogP contribution is 2.62. The molecule has 1 N–H and O–H groups in total. The van der Waals surface area contributed by atoms with E-state index in [1.54, 1.807) is 24.3 Å². The predicted molar refractivity (Wildman–Crippen MR) is 157 cm³/mol. The number of halogens is 1. The SMILES string of the molecule is CCOc1ccccc1C(=O)[C@H]1[C@H](C(=O)c2ccc(F)cc2)N2C=Cc3ccccc3[C@@H]2[C@]12C(=O)Nc1ccccc12. The smallest absolute Gasteiger partial charge is 0.238 e. The van der Waals surface area contributed by atoms with Gasteiger partial charge < -0.3 is 15.0 Å². The summed E-state index contributed by atoms with van der Waals surface area (Å²) in [5, 5.41) is 3.04. The fourth-order valence-electron chi connectivity index (χ4n) is 7.07. The minimum absolute atomic E-state index is 0.257. The summed E-state index contributed by atoms with van der Waals surface area (Å²) in [5.74, 6) is -2.30. The molecule has 1 fully saturated rings. The van der Waals surface area contributed by atoms with Crippen molar-refractivity contribution in [1.82, 2.24) is 4.90 Å². The fourth-order valence-corrected chi connectivity index (χ4v) is 7.07. The van der Waals surface area contributed by atoms with Gasteiger partial charge in [0.15, 0.2) is 11.6 Å². The van der Waals surface area contributed by atoms with Crippen LogP contribution in [-0.4, -0.2) is 35.0 Å². The number of rotatable bonds is 6. The van der Waals surface area contributed by atoms with E-state index in [1.165, 1.54) is 24.3 Å². The molecule has 4 aromatic carbocycles. The maximum atomic E-state index is 15.0. The molecule has 0 aliphatic carbocycles. The molecule has 0 radical (unpaired) electrons. The second-order valence-corrected chi connectivity index (χ2v) is 10.8. The first kappa shape index (κ1) is 25.9. The Morgan fingerprint density at radius 2 is 1.62 bits per heavy atom. The van der Waals surface area contributed by atoms with Crippen LogP contribution < -0.4 is 10.1 Å². The first-order chi connectivity index (χ1) is 20.5. The molecular weight excluding hydrogens is 531 g/mol. The van der Waals surface area contributed by atoms with Crippen LogP contribution in [0.25, 0.3) is 6.08 Å². The topological polar surface area (TPSA) is 75.7 Å². The lowest BCUT2D eigenvalue weighted by atomic mass is 9.62. The third-order valence-corrected chi connectivity index (χ3v) is 8.70. The van der Waals surface area contributed by atoms with Crippen LogP contribution in [0.1, 0.15) is 50.4 Å². The van der Waals surface area contributed by atoms with Crippen LogP contribution in [0.15, 0.2) is 103 Å². The Morgan fingerprint density at radius 1 is 0.905 bits per heavy atom. The Hall–Kier alpha value is -5.04. The molecule has 3 heterocycles. The Kier molecular flexibility index (Phi) is 6.04. The number of amides is 1. The van der Waals surface area contributed by atoms with Crippen LogP contribution in [-0.2, 0) is 10.2 Å². The number of Topliss-reactive ketones (excluding diaryl/α,β-unsaturated/α-hetero) is 2. The summed E-state index contributed by atoms with van der Waals surface area (Å²) in [5.41, 5.74) is 2.14. The van der Waals surface area contributed by atoms with Gasteiger partial charge in [-0.3, -0.25) is 14.4 Å². The average molecular weight is 559 g/mol. The molecule has 208 valence electrons. The number of nitrogens with one attached hydrogen (secondary N) is 1. The van der Waals surface area contributed by atoms with E-state index in [0.29, 0.717) is 29.2 Å². The molecule has 0 unspecified atom stereocenters. The highest BCUT2D eigenvalue weighted by Gasteiger charge is 2.70. The summed E-state index contributed by atoms with van der Waals surface area (Å²) in [6, 6.07) is 25.6. The van der Waals surface area contributed by atoms with E-state index in [4.69, 9.17) is 4.74 Å². The summed E-state index contributed by atoms with van der Waals surface area (Å²) in [4.78, 5) is 45.9. The Balaban J connectivity index is 1.54. The van der Waals surface area contributed by atoms with Crippen molar-refractivity contribution in [3.63, 3.8) is 0 Å². The summed E-state index contributed by atoms with van der Waals surface area (Å²) in [6.45, 7) is 2.17. The number of anilines is 1. The molecule has 1 amide bonds. The van der Waals surface area contributed by atoms with E-state index in [-0.39, 0.29) is 23.0 Å². The van der Waals surface area contributed by atoms with E-state index in [2.05, 4.69) is 5.32 Å². The van der Waals surface area contributed by atoms with Crippen molar-refractivity contribution in [3.8, 4) is 5.75 Å². The Labute approximate surface area is 242 Å². The largest absolute Gasteiger partial charge is 0.493 e. The second kappa shape index (κ2) is 9.80. The predicted octanol–water partition coefficient (Wildman–Crippen LogP) is 6.21. The summed E-state index contributed by atoms with van der Waals surface area (Å²) < 4.78 is 19.8. The lowest BCUT2D eigenvalue weighted by Gasteiger charge is -2.38. The molecule has 0 aromatic heterocycles. The van der Waals surface area contributed by atoms with Gasteiger partial charge in [0.2, 0.25) is 5.91 Å². The molecule has 1 spiro atoms. The van der Waals surface area contributed by atoms with Crippen LogP contribution in [0.2, 0.25) is 0 Å². The summed E-state index contributed by atoms with van der Waals surface area (Å²) >= 11 is 0. The Bertz CT molecular complexity index is 1780. The van der Waals surface area contributed by atoms with Crippen LogP contribution in [0.4, 0.5) is 10.1 Å². The van der Waals surface area contributed by atoms with E-state index >= 15 is 0 Å². The molecule has 3 aliphatic heterocycles. The van der Waals surface area contributed by atoms with Gasteiger partial charge in [-0.15, -0.1) is 0 Å². The van der Waals surface area contributed by atoms with Gasteiger partial charge in [-0.1, -0.05) is 54.6 Å². The van der Waals surface area contributed by atoms with Crippen molar-refractivity contribution in [2.24, 2.45) is 5.92 Å². The number of para-hydroxylation sites is 2. The van der Waals surface area contributed by atoms with Crippen molar-refractivity contribution < 1.29 is 23.5 Å². The minimum atomic E-state index is -1.45. The van der Waals surface area contributed by atoms with E-state index in [9.17, 15) is 18.8 Å². The van der Waals surface area contributed by atoms with Gasteiger partial charge in [-0.2, -0.15) is 0 Å². The van der Waals surface area contributed by atoms with Crippen LogP contribution in [0.5, 0.6) is 5.75 Å². The molecular formula is C35H27FN2O4. The number of fused-ring (bicyclic) bond motifs is 6. The van der Waals surface area contributed by atoms with Gasteiger partial charge >= 0.3 is 0 Å². The molecule has 1 saturated heterocycles. The van der Waals surface area contributed by atoms with E-state index in [0.717, 1.165) is 11.1 Å². The number of nitrogens with zero attached hydrogens (tertiary/aromatic N) is 1. The molecule has 0 bridgehead atoms. The van der Waals surface area contributed by atoms with Crippen LogP contribution in [0.3, 0.4) is 0 Å². The average Bonchev–Trinajstić information content (AvgIpc) is 3.49. The maximum absolute atomic E-state index is 15.0. The van der Waals surface area contributed by atoms with Crippen molar-refractivity contribution in [1.29, 1.82) is 0 Å². The molecule has 3 aliphatic rings. The highest BCUT2D eigenvalue weighted by molar-refractivity contribution is 6.17. The van der Waals surface area contributed by atoms with Crippen LogP contribution in [0, 0.1) is 11.7 Å². The number of hydrogen-bond acceptors (Lipinski definition) is 5. The summed E-state index contributed by atoms with van der Waals surface area (Å²) in [6.07, 6.45) is 3.72. The molecule has 0 saturated carbocycles.